The van der Waals surface area contributed by atoms with E-state index >= 15 is 4.39 Å². The number of halogens is 5. The fourth-order valence-electron chi connectivity index (χ4n) is 2.80. The third-order valence-electron chi connectivity index (χ3n) is 4.17. The molecular formula is C21H14ClF4N3O. The number of rotatable bonds is 5. The van der Waals surface area contributed by atoms with Gasteiger partial charge in [-0.3, -0.25) is 9.78 Å². The van der Waals surface area contributed by atoms with E-state index < -0.39 is 45.9 Å². The van der Waals surface area contributed by atoms with Crippen molar-refractivity contribution in [2.45, 2.75) is 0 Å². The zero-order chi connectivity index (χ0) is 21.8. The van der Waals surface area contributed by atoms with Gasteiger partial charge < -0.3 is 11.1 Å². The highest BCUT2D eigenvalue weighted by atomic mass is 35.5. The molecule has 3 aromatic rings. The molecule has 0 spiro atoms. The minimum absolute atomic E-state index is 0.138. The van der Waals surface area contributed by atoms with Crippen LogP contribution in [-0.4, -0.2) is 17.4 Å². The van der Waals surface area contributed by atoms with Crippen LogP contribution in [0.1, 0.15) is 15.9 Å². The van der Waals surface area contributed by atoms with Gasteiger partial charge in [0.15, 0.2) is 0 Å². The van der Waals surface area contributed by atoms with E-state index in [9.17, 15) is 18.0 Å². The predicted octanol–water partition coefficient (Wildman–Crippen LogP) is 5.10. The molecule has 0 aliphatic carbocycles. The summed E-state index contributed by atoms with van der Waals surface area (Å²) in [5.74, 6) is -5.95. The molecule has 0 saturated carbocycles. The molecule has 2 aromatic carbocycles. The van der Waals surface area contributed by atoms with Crippen LogP contribution in [0.5, 0.6) is 0 Å². The highest BCUT2D eigenvalue weighted by Gasteiger charge is 2.25. The number of hydrogen-bond acceptors (Lipinski definition) is 3. The molecule has 3 N–H and O–H groups in total. The van der Waals surface area contributed by atoms with Crippen molar-refractivity contribution in [1.29, 1.82) is 0 Å². The van der Waals surface area contributed by atoms with E-state index in [0.29, 0.717) is 5.56 Å². The van der Waals surface area contributed by atoms with Crippen molar-refractivity contribution in [3.05, 3.63) is 89.3 Å². The third kappa shape index (κ3) is 4.19. The van der Waals surface area contributed by atoms with Gasteiger partial charge in [-0.15, -0.1) is 0 Å². The summed E-state index contributed by atoms with van der Waals surface area (Å²) in [4.78, 5) is 16.5. The average molecular weight is 436 g/mol. The van der Waals surface area contributed by atoms with Crippen LogP contribution in [-0.2, 0) is 0 Å². The molecule has 0 aliphatic heterocycles. The van der Waals surface area contributed by atoms with E-state index in [2.05, 4.69) is 10.3 Å². The lowest BCUT2D eigenvalue weighted by atomic mass is 9.99. The van der Waals surface area contributed by atoms with Gasteiger partial charge in [0.05, 0.1) is 28.6 Å². The Morgan fingerprint density at radius 2 is 1.67 bits per heavy atom. The first-order valence-corrected chi connectivity index (χ1v) is 8.96. The quantitative estimate of drug-likeness (QED) is 0.548. The molecular weight excluding hydrogens is 422 g/mol. The molecule has 30 heavy (non-hydrogen) atoms. The minimum atomic E-state index is -1.41. The van der Waals surface area contributed by atoms with Crippen LogP contribution in [0.15, 0.2) is 54.9 Å². The second-order valence-electron chi connectivity index (χ2n) is 6.04. The lowest BCUT2D eigenvalue weighted by molar-refractivity contribution is 0.102. The van der Waals surface area contributed by atoms with Crippen LogP contribution < -0.4 is 11.1 Å². The average Bonchev–Trinajstić information content (AvgIpc) is 2.70. The monoisotopic (exact) mass is 435 g/mol. The molecule has 0 fully saturated rings. The van der Waals surface area contributed by atoms with E-state index in [1.807, 2.05) is 0 Å². The van der Waals surface area contributed by atoms with Gasteiger partial charge in [-0.05, 0) is 30.3 Å². The Morgan fingerprint density at radius 1 is 1.00 bits per heavy atom. The van der Waals surface area contributed by atoms with Crippen LogP contribution in [0.4, 0.5) is 23.2 Å². The minimum Gasteiger partial charge on any atom is -0.327 e. The molecule has 9 heteroatoms. The molecule has 3 rings (SSSR count). The fourth-order valence-corrected chi connectivity index (χ4v) is 3.05. The third-order valence-corrected chi connectivity index (χ3v) is 4.53. The number of nitrogens with zero attached hydrogens (tertiary/aromatic N) is 1. The van der Waals surface area contributed by atoms with Crippen molar-refractivity contribution in [2.24, 2.45) is 5.73 Å². The summed E-state index contributed by atoms with van der Waals surface area (Å²) < 4.78 is 57.4. The maximum atomic E-state index is 15.0. The van der Waals surface area contributed by atoms with Crippen molar-refractivity contribution in [3.8, 4) is 11.1 Å². The maximum absolute atomic E-state index is 15.0. The number of carbonyl (C=O) groups is 1. The maximum Gasteiger partial charge on any atom is 0.258 e. The number of benzene rings is 2. The molecule has 0 aliphatic rings. The number of aromatic nitrogens is 1. The van der Waals surface area contributed by atoms with E-state index in [1.54, 1.807) is 0 Å². The number of amides is 1. The highest BCUT2D eigenvalue weighted by molar-refractivity contribution is 6.49. The van der Waals surface area contributed by atoms with Crippen LogP contribution in [0.25, 0.3) is 16.2 Å². The van der Waals surface area contributed by atoms with Crippen LogP contribution >= 0.6 is 11.6 Å². The highest BCUT2D eigenvalue weighted by Crippen LogP contribution is 2.33. The molecule has 4 nitrogen and oxygen atoms in total. The summed E-state index contributed by atoms with van der Waals surface area (Å²) in [6, 6.07) is 5.91. The van der Waals surface area contributed by atoms with Crippen molar-refractivity contribution in [2.75, 3.05) is 11.9 Å². The van der Waals surface area contributed by atoms with Gasteiger partial charge in [-0.1, -0.05) is 23.7 Å². The number of nitrogens with one attached hydrogen (secondary N) is 1. The molecule has 0 bridgehead atoms. The van der Waals surface area contributed by atoms with Crippen molar-refractivity contribution < 1.29 is 22.4 Å². The molecule has 0 radical (unpaired) electrons. The van der Waals surface area contributed by atoms with E-state index in [4.69, 9.17) is 17.3 Å². The molecule has 0 atom stereocenters. The van der Waals surface area contributed by atoms with Gasteiger partial charge >= 0.3 is 0 Å². The Balaban J connectivity index is 2.05. The van der Waals surface area contributed by atoms with Crippen molar-refractivity contribution in [1.82, 2.24) is 4.98 Å². The largest absolute Gasteiger partial charge is 0.327 e. The Kier molecular flexibility index (Phi) is 6.49. The Morgan fingerprint density at radius 3 is 2.33 bits per heavy atom. The SMILES string of the molecule is NC/C=C(\Cl)c1ccncc1NC(=O)c1ccc(F)c(-c2c(F)cccc2F)c1F. The zero-order valence-corrected chi connectivity index (χ0v) is 16.0. The molecule has 1 heterocycles. The first-order chi connectivity index (χ1) is 14.3. The van der Waals surface area contributed by atoms with E-state index in [1.165, 1.54) is 24.5 Å². The summed E-state index contributed by atoms with van der Waals surface area (Å²) >= 11 is 6.13. The molecule has 0 unspecified atom stereocenters. The normalized spacial score (nSPS) is 11.5. The standard InChI is InChI=1S/C21H14ClF4N3O/c22-13(6-8-27)11-7-9-28-10-17(11)29-21(30)12-4-5-16(25)19(20(12)26)18-14(23)2-1-3-15(18)24/h1-7,9-10H,8,27H2,(H,29,30)/b13-6-. The van der Waals surface area contributed by atoms with Gasteiger partial charge in [0, 0.05) is 23.3 Å². The summed E-state index contributed by atoms with van der Waals surface area (Å²) in [5, 5.41) is 2.64. The van der Waals surface area contributed by atoms with E-state index in [0.717, 1.165) is 30.3 Å². The second kappa shape index (κ2) is 9.06. The van der Waals surface area contributed by atoms with Gasteiger partial charge in [-0.2, -0.15) is 0 Å². The van der Waals surface area contributed by atoms with Gasteiger partial charge in [0.2, 0.25) is 0 Å². The van der Waals surface area contributed by atoms with Crippen molar-refractivity contribution >= 4 is 28.2 Å². The summed E-state index contributed by atoms with van der Waals surface area (Å²) in [6.07, 6.45) is 4.19. The predicted molar refractivity (Wildman–Crippen MR) is 107 cm³/mol. The number of carbonyl (C=O) groups excluding carboxylic acids is 1. The van der Waals surface area contributed by atoms with Gasteiger partial charge in [0.25, 0.3) is 5.91 Å². The molecule has 154 valence electrons. The topological polar surface area (TPSA) is 68.0 Å². The number of nitrogens with two attached hydrogens (primary N) is 1. The molecule has 1 amide bonds. The van der Waals surface area contributed by atoms with Crippen LogP contribution in [0.2, 0.25) is 0 Å². The molecule has 1 aromatic heterocycles. The van der Waals surface area contributed by atoms with Crippen LogP contribution in [0.3, 0.4) is 0 Å². The molecule has 0 saturated heterocycles. The number of hydrogen-bond donors (Lipinski definition) is 2. The summed E-state index contributed by atoms with van der Waals surface area (Å²) in [5.41, 5.74) is 3.43. The Hall–Kier alpha value is -3.23. The first kappa shape index (κ1) is 21.5. The first-order valence-electron chi connectivity index (χ1n) is 8.59. The van der Waals surface area contributed by atoms with Gasteiger partial charge in [0.1, 0.15) is 23.3 Å². The fraction of sp³-hybridized carbons (Fsp3) is 0.0476. The Labute approximate surface area is 174 Å². The van der Waals surface area contributed by atoms with Crippen molar-refractivity contribution in [3.63, 3.8) is 0 Å². The smallest absolute Gasteiger partial charge is 0.258 e. The lowest BCUT2D eigenvalue weighted by Crippen LogP contribution is -2.16. The van der Waals surface area contributed by atoms with Crippen LogP contribution in [0, 0.1) is 23.3 Å². The number of pyridine rings is 1. The Bertz CT molecular complexity index is 1130. The zero-order valence-electron chi connectivity index (χ0n) is 15.2. The lowest BCUT2D eigenvalue weighted by Gasteiger charge is -2.13. The number of anilines is 1. The summed E-state index contributed by atoms with van der Waals surface area (Å²) in [7, 11) is 0. The van der Waals surface area contributed by atoms with Gasteiger partial charge in [-0.25, -0.2) is 17.6 Å². The second-order valence-corrected chi connectivity index (χ2v) is 6.45. The van der Waals surface area contributed by atoms with E-state index in [-0.39, 0.29) is 17.3 Å². The summed E-state index contributed by atoms with van der Waals surface area (Å²) in [6.45, 7) is 0.138.